The Morgan fingerprint density at radius 3 is 2.72 bits per heavy atom. The maximum absolute atomic E-state index is 11.3. The lowest BCUT2D eigenvalue weighted by Crippen LogP contribution is -2.45. The molecule has 18 heavy (non-hydrogen) atoms. The minimum Gasteiger partial charge on any atom is -0.406 e. The Bertz CT molecular complexity index is 602. The van der Waals surface area contributed by atoms with Gasteiger partial charge in [-0.15, -0.1) is 5.06 Å². The monoisotopic (exact) mass is 245 g/mol. The van der Waals surface area contributed by atoms with Crippen LogP contribution in [0.1, 0.15) is 0 Å². The number of nitrogens with zero attached hydrogens (tertiary/aromatic N) is 1. The predicted molar refractivity (Wildman–Crippen MR) is 69.6 cm³/mol. The van der Waals surface area contributed by atoms with Gasteiger partial charge in [0.05, 0.1) is 5.52 Å². The van der Waals surface area contributed by atoms with Gasteiger partial charge < -0.3 is 15.1 Å². The smallest absolute Gasteiger partial charge is 0.248 e. The highest BCUT2D eigenvalue weighted by Crippen LogP contribution is 2.18. The molecule has 0 unspecified atom stereocenters. The Hall–Kier alpha value is -1.85. The Kier molecular flexibility index (Phi) is 3.00. The number of benzene rings is 1. The summed E-state index contributed by atoms with van der Waals surface area (Å²) in [5.41, 5.74) is 0.706. The second-order valence-corrected chi connectivity index (χ2v) is 4.34. The van der Waals surface area contributed by atoms with E-state index in [1.54, 1.807) is 0 Å². The van der Waals surface area contributed by atoms with Gasteiger partial charge in [-0.2, -0.15) is 0 Å². The molecule has 1 fully saturated rings. The van der Waals surface area contributed by atoms with E-state index in [0.717, 1.165) is 42.8 Å². The first-order valence-electron chi connectivity index (χ1n) is 6.08. The summed E-state index contributed by atoms with van der Waals surface area (Å²) in [5, 5.41) is 6.20. The number of hydrogen-bond donors (Lipinski definition) is 2. The van der Waals surface area contributed by atoms with Crippen LogP contribution in [0.3, 0.4) is 0 Å². The van der Waals surface area contributed by atoms with Crippen molar-refractivity contribution >= 4 is 10.9 Å². The quantitative estimate of drug-likeness (QED) is 0.819. The van der Waals surface area contributed by atoms with Crippen LogP contribution < -0.4 is 15.7 Å². The van der Waals surface area contributed by atoms with E-state index in [9.17, 15) is 4.79 Å². The molecule has 1 aliphatic heterocycles. The van der Waals surface area contributed by atoms with Crippen molar-refractivity contribution in [1.29, 1.82) is 0 Å². The summed E-state index contributed by atoms with van der Waals surface area (Å²) in [5.74, 6) is 0.756. The van der Waals surface area contributed by atoms with E-state index < -0.39 is 0 Å². The summed E-state index contributed by atoms with van der Waals surface area (Å²) < 4.78 is 0. The third kappa shape index (κ3) is 2.37. The molecule has 94 valence electrons. The molecule has 0 amide bonds. The summed E-state index contributed by atoms with van der Waals surface area (Å²) in [4.78, 5) is 19.8. The fourth-order valence-corrected chi connectivity index (χ4v) is 2.07. The SMILES string of the molecule is O=c1ccc2ccc(ON3CCNCC3)cc2[nH]1. The molecule has 2 aromatic rings. The normalized spacial score (nSPS) is 16.9. The lowest BCUT2D eigenvalue weighted by molar-refractivity contribution is -0.0663. The first-order valence-corrected chi connectivity index (χ1v) is 6.08. The molecule has 1 saturated heterocycles. The molecule has 0 saturated carbocycles. The number of fused-ring (bicyclic) bond motifs is 1. The van der Waals surface area contributed by atoms with Crippen LogP contribution >= 0.6 is 0 Å². The van der Waals surface area contributed by atoms with Crippen molar-refractivity contribution in [3.8, 4) is 5.75 Å². The summed E-state index contributed by atoms with van der Waals surface area (Å²) in [6.07, 6.45) is 0. The van der Waals surface area contributed by atoms with Gasteiger partial charge in [-0.05, 0) is 23.6 Å². The van der Waals surface area contributed by atoms with Crippen molar-refractivity contribution in [2.45, 2.75) is 0 Å². The Balaban J connectivity index is 1.85. The topological polar surface area (TPSA) is 57.4 Å². The van der Waals surface area contributed by atoms with E-state index in [2.05, 4.69) is 10.3 Å². The Morgan fingerprint density at radius 1 is 1.11 bits per heavy atom. The zero-order valence-corrected chi connectivity index (χ0v) is 9.98. The molecular weight excluding hydrogens is 230 g/mol. The van der Waals surface area contributed by atoms with Gasteiger partial charge in [-0.25, -0.2) is 0 Å². The van der Waals surface area contributed by atoms with Crippen molar-refractivity contribution in [3.63, 3.8) is 0 Å². The molecule has 2 heterocycles. The summed E-state index contributed by atoms with van der Waals surface area (Å²) in [7, 11) is 0. The van der Waals surface area contributed by atoms with Crippen LogP contribution in [0.25, 0.3) is 10.9 Å². The fraction of sp³-hybridized carbons (Fsp3) is 0.308. The number of rotatable bonds is 2. The van der Waals surface area contributed by atoms with E-state index in [0.29, 0.717) is 0 Å². The third-order valence-corrected chi connectivity index (χ3v) is 3.01. The molecule has 5 nitrogen and oxygen atoms in total. The molecule has 1 aliphatic rings. The molecule has 2 N–H and O–H groups in total. The van der Waals surface area contributed by atoms with Gasteiger partial charge in [0.25, 0.3) is 0 Å². The second kappa shape index (κ2) is 4.80. The first-order chi connectivity index (χ1) is 8.81. The number of pyridine rings is 1. The third-order valence-electron chi connectivity index (χ3n) is 3.01. The van der Waals surface area contributed by atoms with Crippen LogP contribution in [-0.4, -0.2) is 36.2 Å². The molecule has 0 atom stereocenters. The van der Waals surface area contributed by atoms with Crippen molar-refractivity contribution in [3.05, 3.63) is 40.7 Å². The number of hydrogen-bond acceptors (Lipinski definition) is 4. The first kappa shape index (κ1) is 11.3. The van der Waals surface area contributed by atoms with E-state index >= 15 is 0 Å². The number of aromatic nitrogens is 1. The lowest BCUT2D eigenvalue weighted by atomic mass is 10.2. The number of hydroxylamine groups is 2. The highest BCUT2D eigenvalue weighted by molar-refractivity contribution is 5.79. The maximum Gasteiger partial charge on any atom is 0.248 e. The average molecular weight is 245 g/mol. The Morgan fingerprint density at radius 2 is 1.89 bits per heavy atom. The summed E-state index contributed by atoms with van der Waals surface area (Å²) in [6, 6.07) is 9.06. The molecule has 5 heteroatoms. The van der Waals surface area contributed by atoms with Gasteiger partial charge in [0, 0.05) is 38.3 Å². The largest absolute Gasteiger partial charge is 0.406 e. The molecule has 3 rings (SSSR count). The Labute approximate surface area is 104 Å². The highest BCUT2D eigenvalue weighted by atomic mass is 16.7. The van der Waals surface area contributed by atoms with Crippen molar-refractivity contribution in [2.75, 3.05) is 26.2 Å². The number of aromatic amines is 1. The summed E-state index contributed by atoms with van der Waals surface area (Å²) >= 11 is 0. The van der Waals surface area contributed by atoms with E-state index in [4.69, 9.17) is 4.84 Å². The van der Waals surface area contributed by atoms with Gasteiger partial charge in [0.2, 0.25) is 5.56 Å². The second-order valence-electron chi connectivity index (χ2n) is 4.34. The standard InChI is InChI=1S/C13H15N3O2/c17-13-4-2-10-1-3-11(9-12(10)15-13)18-16-7-5-14-6-8-16/h1-4,9,14H,5-8H2,(H,15,17). The minimum atomic E-state index is -0.0955. The van der Waals surface area contributed by atoms with Crippen molar-refractivity contribution < 1.29 is 4.84 Å². The van der Waals surface area contributed by atoms with E-state index in [-0.39, 0.29) is 5.56 Å². The zero-order chi connectivity index (χ0) is 12.4. The van der Waals surface area contributed by atoms with Crippen molar-refractivity contribution in [1.82, 2.24) is 15.4 Å². The minimum absolute atomic E-state index is 0.0955. The van der Waals surface area contributed by atoms with Crippen LogP contribution in [0.4, 0.5) is 0 Å². The molecule has 1 aromatic carbocycles. The molecule has 0 radical (unpaired) electrons. The van der Waals surface area contributed by atoms with Gasteiger partial charge >= 0.3 is 0 Å². The summed E-state index contributed by atoms with van der Waals surface area (Å²) in [6.45, 7) is 3.60. The number of nitrogens with one attached hydrogen (secondary N) is 2. The number of H-pyrrole nitrogens is 1. The van der Waals surface area contributed by atoms with Gasteiger partial charge in [0.1, 0.15) is 5.75 Å². The van der Waals surface area contributed by atoms with Gasteiger partial charge in [-0.3, -0.25) is 4.79 Å². The van der Waals surface area contributed by atoms with Crippen LogP contribution in [-0.2, 0) is 0 Å². The molecule has 0 bridgehead atoms. The highest BCUT2D eigenvalue weighted by Gasteiger charge is 2.11. The van der Waals surface area contributed by atoms with Crippen molar-refractivity contribution in [2.24, 2.45) is 0 Å². The van der Waals surface area contributed by atoms with Crippen LogP contribution in [0.5, 0.6) is 5.75 Å². The molecule has 0 spiro atoms. The van der Waals surface area contributed by atoms with Gasteiger partial charge in [0.15, 0.2) is 0 Å². The van der Waals surface area contributed by atoms with E-state index in [1.807, 2.05) is 29.3 Å². The lowest BCUT2D eigenvalue weighted by Gasteiger charge is -2.26. The van der Waals surface area contributed by atoms with E-state index in [1.165, 1.54) is 6.07 Å². The zero-order valence-electron chi connectivity index (χ0n) is 9.98. The van der Waals surface area contributed by atoms with Crippen LogP contribution in [0.15, 0.2) is 35.1 Å². The molecule has 0 aliphatic carbocycles. The predicted octanol–water partition coefficient (Wildman–Crippen LogP) is 0.727. The van der Waals surface area contributed by atoms with Gasteiger partial charge in [-0.1, -0.05) is 0 Å². The van der Waals surface area contributed by atoms with Crippen LogP contribution in [0.2, 0.25) is 0 Å². The average Bonchev–Trinajstić information content (AvgIpc) is 2.39. The molecular formula is C13H15N3O2. The fourth-order valence-electron chi connectivity index (χ4n) is 2.07. The molecule has 1 aromatic heterocycles. The van der Waals surface area contributed by atoms with Crippen LogP contribution in [0, 0.1) is 0 Å². The number of piperazine rings is 1. The maximum atomic E-state index is 11.3.